The Labute approximate surface area is 153 Å². The zero-order valence-corrected chi connectivity index (χ0v) is 14.9. The van der Waals surface area contributed by atoms with Crippen LogP contribution in [0, 0.1) is 0 Å². The number of carbonyl (C=O) groups is 2. The van der Waals surface area contributed by atoms with Gasteiger partial charge in [0.05, 0.1) is 25.9 Å². The van der Waals surface area contributed by atoms with Crippen molar-refractivity contribution in [1.82, 2.24) is 10.2 Å². The maximum absolute atomic E-state index is 12.2. The molecule has 2 saturated heterocycles. The Morgan fingerprint density at radius 2 is 1.88 bits per heavy atom. The average molecular weight is 362 g/mol. The van der Waals surface area contributed by atoms with Crippen molar-refractivity contribution in [3.05, 3.63) is 29.8 Å². The lowest BCUT2D eigenvalue weighted by Gasteiger charge is -2.26. The molecule has 2 amide bonds. The highest BCUT2D eigenvalue weighted by molar-refractivity contribution is 5.94. The van der Waals surface area contributed by atoms with Gasteiger partial charge in [0.2, 0.25) is 0 Å². The maximum atomic E-state index is 12.2. The summed E-state index contributed by atoms with van der Waals surface area (Å²) >= 11 is 0. The van der Waals surface area contributed by atoms with Crippen molar-refractivity contribution in [2.75, 3.05) is 46.1 Å². The molecule has 7 nitrogen and oxygen atoms in total. The van der Waals surface area contributed by atoms with Crippen LogP contribution in [0.2, 0.25) is 0 Å². The van der Waals surface area contributed by atoms with Gasteiger partial charge in [-0.15, -0.1) is 0 Å². The van der Waals surface area contributed by atoms with E-state index < -0.39 is 0 Å². The summed E-state index contributed by atoms with van der Waals surface area (Å²) in [4.78, 5) is 26.1. The summed E-state index contributed by atoms with van der Waals surface area (Å²) in [7, 11) is 0. The van der Waals surface area contributed by atoms with Crippen molar-refractivity contribution in [2.45, 2.75) is 25.4 Å². The summed E-state index contributed by atoms with van der Waals surface area (Å²) in [5.74, 6) is 0.423. The van der Waals surface area contributed by atoms with Crippen molar-refractivity contribution in [3.63, 3.8) is 0 Å². The molecule has 1 N–H and O–H groups in total. The number of nitrogens with one attached hydrogen (secondary N) is 1. The zero-order chi connectivity index (χ0) is 18.2. The highest BCUT2D eigenvalue weighted by Crippen LogP contribution is 2.14. The van der Waals surface area contributed by atoms with Crippen LogP contribution in [-0.4, -0.2) is 68.9 Å². The molecule has 1 aromatic carbocycles. The minimum atomic E-state index is -0.171. The van der Waals surface area contributed by atoms with Crippen molar-refractivity contribution in [2.24, 2.45) is 0 Å². The number of amides is 2. The molecule has 2 aliphatic rings. The molecule has 0 spiro atoms. The van der Waals surface area contributed by atoms with Crippen LogP contribution in [0.4, 0.5) is 0 Å². The minimum Gasteiger partial charge on any atom is -0.484 e. The Morgan fingerprint density at radius 1 is 1.12 bits per heavy atom. The molecule has 7 heteroatoms. The molecule has 2 aliphatic heterocycles. The summed E-state index contributed by atoms with van der Waals surface area (Å²) in [5, 5.41) is 2.84. The fourth-order valence-electron chi connectivity index (χ4n) is 3.05. The number of ether oxygens (including phenoxy) is 3. The zero-order valence-electron chi connectivity index (χ0n) is 14.9. The average Bonchev–Trinajstić information content (AvgIpc) is 2.72. The highest BCUT2D eigenvalue weighted by atomic mass is 16.6. The quantitative estimate of drug-likeness (QED) is 0.823. The third-order valence-electron chi connectivity index (χ3n) is 4.56. The number of hydrogen-bond acceptors (Lipinski definition) is 5. The summed E-state index contributed by atoms with van der Waals surface area (Å²) < 4.78 is 16.3. The highest BCUT2D eigenvalue weighted by Gasteiger charge is 2.17. The monoisotopic (exact) mass is 362 g/mol. The van der Waals surface area contributed by atoms with Crippen LogP contribution in [0.25, 0.3) is 0 Å². The van der Waals surface area contributed by atoms with Crippen LogP contribution < -0.4 is 10.1 Å². The number of carbonyl (C=O) groups excluding carboxylic acids is 2. The Balaban J connectivity index is 1.42. The molecular formula is C19H26N2O5. The van der Waals surface area contributed by atoms with E-state index in [1.54, 1.807) is 24.3 Å². The third-order valence-corrected chi connectivity index (χ3v) is 4.56. The van der Waals surface area contributed by atoms with Gasteiger partial charge < -0.3 is 24.4 Å². The molecule has 3 rings (SSSR count). The van der Waals surface area contributed by atoms with E-state index in [4.69, 9.17) is 14.2 Å². The number of likely N-dealkylation sites (tertiary alicyclic amines) is 1. The fourth-order valence-corrected chi connectivity index (χ4v) is 3.05. The Kier molecular flexibility index (Phi) is 6.85. The van der Waals surface area contributed by atoms with Gasteiger partial charge in [-0.1, -0.05) is 0 Å². The first-order valence-corrected chi connectivity index (χ1v) is 9.20. The van der Waals surface area contributed by atoms with E-state index in [1.807, 2.05) is 4.90 Å². The first-order chi connectivity index (χ1) is 12.7. The number of rotatable bonds is 6. The molecule has 0 unspecified atom stereocenters. The van der Waals surface area contributed by atoms with E-state index in [1.165, 1.54) is 6.42 Å². The molecule has 2 fully saturated rings. The van der Waals surface area contributed by atoms with E-state index in [0.29, 0.717) is 37.7 Å². The van der Waals surface area contributed by atoms with Crippen molar-refractivity contribution >= 4 is 11.8 Å². The molecule has 2 heterocycles. The molecule has 0 aliphatic carbocycles. The molecule has 0 radical (unpaired) electrons. The van der Waals surface area contributed by atoms with Crippen LogP contribution in [0.5, 0.6) is 5.75 Å². The molecule has 142 valence electrons. The van der Waals surface area contributed by atoms with E-state index in [2.05, 4.69) is 5.32 Å². The van der Waals surface area contributed by atoms with Crippen LogP contribution in [-0.2, 0) is 14.3 Å². The molecule has 0 saturated carbocycles. The van der Waals surface area contributed by atoms with E-state index >= 15 is 0 Å². The van der Waals surface area contributed by atoms with Crippen LogP contribution >= 0.6 is 0 Å². The normalized spacial score (nSPS) is 20.5. The lowest BCUT2D eigenvalue weighted by Crippen LogP contribution is -2.39. The largest absolute Gasteiger partial charge is 0.484 e. The molecular weight excluding hydrogens is 336 g/mol. The second-order valence-electron chi connectivity index (χ2n) is 6.53. The predicted octanol–water partition coefficient (Wildman–Crippen LogP) is 1.22. The number of hydrogen-bond donors (Lipinski definition) is 1. The van der Waals surface area contributed by atoms with Crippen molar-refractivity contribution < 1.29 is 23.8 Å². The Hall–Kier alpha value is -2.12. The molecule has 0 aromatic heterocycles. The maximum Gasteiger partial charge on any atom is 0.260 e. The Morgan fingerprint density at radius 3 is 2.58 bits per heavy atom. The standard InChI is InChI=1S/C19H26N2O5/c22-18(21-8-2-1-3-9-21)14-26-16-6-4-15(5-7-16)19(23)20-12-17-13-24-10-11-25-17/h4-7,17H,1-3,8-14H2,(H,20,23)/t17-/m1/s1. The Bertz CT molecular complexity index is 592. The smallest absolute Gasteiger partial charge is 0.260 e. The summed E-state index contributed by atoms with van der Waals surface area (Å²) in [6.07, 6.45) is 3.21. The second kappa shape index (κ2) is 9.54. The summed E-state index contributed by atoms with van der Waals surface area (Å²) in [6, 6.07) is 6.79. The summed E-state index contributed by atoms with van der Waals surface area (Å²) in [6.45, 7) is 3.74. The third kappa shape index (κ3) is 5.44. The topological polar surface area (TPSA) is 77.1 Å². The van der Waals surface area contributed by atoms with Gasteiger partial charge in [-0.2, -0.15) is 0 Å². The summed E-state index contributed by atoms with van der Waals surface area (Å²) in [5.41, 5.74) is 0.538. The van der Waals surface area contributed by atoms with E-state index in [9.17, 15) is 9.59 Å². The molecule has 1 atom stereocenters. The predicted molar refractivity (Wildman–Crippen MR) is 95.3 cm³/mol. The lowest BCUT2D eigenvalue weighted by molar-refractivity contribution is -0.134. The first-order valence-electron chi connectivity index (χ1n) is 9.20. The van der Waals surface area contributed by atoms with E-state index in [-0.39, 0.29) is 24.5 Å². The van der Waals surface area contributed by atoms with Gasteiger partial charge in [-0.25, -0.2) is 0 Å². The van der Waals surface area contributed by atoms with Crippen LogP contribution in [0.15, 0.2) is 24.3 Å². The van der Waals surface area contributed by atoms with Crippen molar-refractivity contribution in [3.8, 4) is 5.75 Å². The van der Waals surface area contributed by atoms with Gasteiger partial charge in [0.1, 0.15) is 5.75 Å². The number of nitrogens with zero attached hydrogens (tertiary/aromatic N) is 1. The van der Waals surface area contributed by atoms with Gasteiger partial charge in [-0.3, -0.25) is 9.59 Å². The molecule has 0 bridgehead atoms. The van der Waals surface area contributed by atoms with Crippen LogP contribution in [0.3, 0.4) is 0 Å². The number of piperidine rings is 1. The van der Waals surface area contributed by atoms with E-state index in [0.717, 1.165) is 25.9 Å². The first kappa shape index (κ1) is 18.7. The van der Waals surface area contributed by atoms with Gasteiger partial charge in [-0.05, 0) is 43.5 Å². The van der Waals surface area contributed by atoms with Gasteiger partial charge in [0.15, 0.2) is 6.61 Å². The second-order valence-corrected chi connectivity index (χ2v) is 6.53. The lowest BCUT2D eigenvalue weighted by atomic mass is 10.1. The minimum absolute atomic E-state index is 0.0150. The fraction of sp³-hybridized carbons (Fsp3) is 0.579. The number of benzene rings is 1. The SMILES string of the molecule is O=C(NC[C@@H]1COCCO1)c1ccc(OCC(=O)N2CCCCC2)cc1. The molecule has 1 aromatic rings. The van der Waals surface area contributed by atoms with Crippen molar-refractivity contribution in [1.29, 1.82) is 0 Å². The van der Waals surface area contributed by atoms with Crippen LogP contribution in [0.1, 0.15) is 29.6 Å². The van der Waals surface area contributed by atoms with Gasteiger partial charge >= 0.3 is 0 Å². The van der Waals surface area contributed by atoms with Gasteiger partial charge in [0.25, 0.3) is 11.8 Å². The van der Waals surface area contributed by atoms with Gasteiger partial charge in [0, 0.05) is 25.2 Å². The molecule has 26 heavy (non-hydrogen) atoms.